The maximum absolute atomic E-state index is 4.44. The lowest BCUT2D eigenvalue weighted by atomic mass is 9.92. The van der Waals surface area contributed by atoms with E-state index in [2.05, 4.69) is 26.0 Å². The molecule has 0 N–H and O–H groups in total. The Labute approximate surface area is 112 Å². The van der Waals surface area contributed by atoms with Gasteiger partial charge < -0.3 is 4.90 Å². The first-order valence-electron chi connectivity index (χ1n) is 7.27. The van der Waals surface area contributed by atoms with Gasteiger partial charge in [-0.2, -0.15) is 14.6 Å². The topological polar surface area (TPSA) is 46.3 Å². The number of nitrogens with zero attached hydrogens (tertiary/aromatic N) is 5. The molecule has 0 spiro atoms. The molecule has 2 fully saturated rings. The number of anilines is 1. The third-order valence-electron chi connectivity index (χ3n) is 4.65. The van der Waals surface area contributed by atoms with Gasteiger partial charge in [0.15, 0.2) is 0 Å². The van der Waals surface area contributed by atoms with E-state index in [9.17, 15) is 0 Å². The Kier molecular flexibility index (Phi) is 2.47. The van der Waals surface area contributed by atoms with Crippen molar-refractivity contribution in [3.05, 3.63) is 18.1 Å². The predicted molar refractivity (Wildman–Crippen MR) is 73.2 cm³/mol. The van der Waals surface area contributed by atoms with E-state index in [4.69, 9.17) is 0 Å². The molecule has 19 heavy (non-hydrogen) atoms. The van der Waals surface area contributed by atoms with E-state index in [0.29, 0.717) is 6.04 Å². The summed E-state index contributed by atoms with van der Waals surface area (Å²) >= 11 is 0. The van der Waals surface area contributed by atoms with Crippen molar-refractivity contribution in [1.82, 2.24) is 19.6 Å². The fourth-order valence-electron chi connectivity index (χ4n) is 3.85. The molecule has 1 saturated heterocycles. The van der Waals surface area contributed by atoms with Crippen LogP contribution in [0.2, 0.25) is 0 Å². The summed E-state index contributed by atoms with van der Waals surface area (Å²) in [6.45, 7) is 3.17. The molecule has 4 rings (SSSR count). The molecule has 1 aliphatic carbocycles. The van der Waals surface area contributed by atoms with E-state index in [-0.39, 0.29) is 0 Å². The Bertz CT molecular complexity index is 605. The lowest BCUT2D eigenvalue weighted by molar-refractivity contribution is 0.359. The molecule has 2 aliphatic rings. The molecule has 0 bridgehead atoms. The second-order valence-corrected chi connectivity index (χ2v) is 5.82. The molecular formula is C14H19N5. The van der Waals surface area contributed by atoms with E-state index >= 15 is 0 Å². The fraction of sp³-hybridized carbons (Fsp3) is 0.643. The van der Waals surface area contributed by atoms with Gasteiger partial charge in [-0.25, -0.2) is 4.98 Å². The van der Waals surface area contributed by atoms with Crippen molar-refractivity contribution < 1.29 is 0 Å². The maximum atomic E-state index is 4.44. The number of piperidine rings is 1. The Hall–Kier alpha value is -1.65. The van der Waals surface area contributed by atoms with Crippen LogP contribution in [0, 0.1) is 12.8 Å². The largest absolute Gasteiger partial charge is 0.353 e. The molecule has 0 radical (unpaired) electrons. The number of hydrogen-bond acceptors (Lipinski definition) is 4. The first-order valence-corrected chi connectivity index (χ1v) is 7.27. The van der Waals surface area contributed by atoms with Crippen molar-refractivity contribution in [3.63, 3.8) is 0 Å². The summed E-state index contributed by atoms with van der Waals surface area (Å²) in [5.74, 6) is 2.77. The highest BCUT2D eigenvalue weighted by molar-refractivity contribution is 5.48. The molecule has 2 aromatic rings. The van der Waals surface area contributed by atoms with Gasteiger partial charge in [0, 0.05) is 24.3 Å². The lowest BCUT2D eigenvalue weighted by Crippen LogP contribution is -2.43. The summed E-state index contributed by atoms with van der Waals surface area (Å²) in [4.78, 5) is 11.2. The Morgan fingerprint density at radius 1 is 1.21 bits per heavy atom. The molecule has 0 amide bonds. The van der Waals surface area contributed by atoms with Crippen LogP contribution in [0.1, 0.15) is 37.8 Å². The smallest absolute Gasteiger partial charge is 0.254 e. The van der Waals surface area contributed by atoms with Gasteiger partial charge in [0.2, 0.25) is 0 Å². The molecule has 0 unspecified atom stereocenters. The summed E-state index contributed by atoms with van der Waals surface area (Å²) in [6.07, 6.45) is 8.37. The zero-order valence-electron chi connectivity index (χ0n) is 11.3. The summed E-state index contributed by atoms with van der Waals surface area (Å²) in [7, 11) is 0. The third-order valence-corrected chi connectivity index (χ3v) is 4.65. The quantitative estimate of drug-likeness (QED) is 0.785. The Morgan fingerprint density at radius 3 is 3.05 bits per heavy atom. The molecule has 2 atom stereocenters. The van der Waals surface area contributed by atoms with Crippen LogP contribution in [0.5, 0.6) is 0 Å². The van der Waals surface area contributed by atoms with E-state index in [0.717, 1.165) is 23.9 Å². The Morgan fingerprint density at radius 2 is 2.11 bits per heavy atom. The lowest BCUT2D eigenvalue weighted by Gasteiger charge is -2.39. The van der Waals surface area contributed by atoms with Crippen LogP contribution in [-0.2, 0) is 0 Å². The van der Waals surface area contributed by atoms with Gasteiger partial charge in [0.05, 0.1) is 0 Å². The summed E-state index contributed by atoms with van der Waals surface area (Å²) in [5.41, 5.74) is 1.02. The van der Waals surface area contributed by atoms with Crippen LogP contribution < -0.4 is 4.90 Å². The first-order chi connectivity index (χ1) is 9.33. The number of aryl methyl sites for hydroxylation is 1. The average Bonchev–Trinajstić information content (AvgIpc) is 3.04. The minimum atomic E-state index is 0.697. The fourth-order valence-corrected chi connectivity index (χ4v) is 3.85. The van der Waals surface area contributed by atoms with E-state index in [1.807, 2.05) is 11.4 Å². The monoisotopic (exact) mass is 257 g/mol. The molecule has 1 aliphatic heterocycles. The minimum absolute atomic E-state index is 0.697. The second-order valence-electron chi connectivity index (χ2n) is 5.82. The molecule has 0 aromatic carbocycles. The van der Waals surface area contributed by atoms with Crippen molar-refractivity contribution in [2.75, 3.05) is 11.4 Å². The number of rotatable bonds is 1. The molecule has 2 aromatic heterocycles. The van der Waals surface area contributed by atoms with Crippen molar-refractivity contribution in [2.45, 2.75) is 45.1 Å². The van der Waals surface area contributed by atoms with Gasteiger partial charge in [-0.1, -0.05) is 6.42 Å². The van der Waals surface area contributed by atoms with Gasteiger partial charge in [0.25, 0.3) is 5.78 Å². The van der Waals surface area contributed by atoms with Crippen molar-refractivity contribution in [2.24, 2.45) is 5.92 Å². The van der Waals surface area contributed by atoms with Gasteiger partial charge >= 0.3 is 0 Å². The summed E-state index contributed by atoms with van der Waals surface area (Å²) < 4.78 is 1.90. The summed E-state index contributed by atoms with van der Waals surface area (Å²) in [6, 6.07) is 2.85. The zero-order valence-corrected chi connectivity index (χ0v) is 11.3. The van der Waals surface area contributed by atoms with Crippen LogP contribution in [0.15, 0.2) is 12.4 Å². The maximum Gasteiger partial charge on any atom is 0.254 e. The van der Waals surface area contributed by atoms with Crippen molar-refractivity contribution in [3.8, 4) is 0 Å². The molecule has 100 valence electrons. The molecule has 1 saturated carbocycles. The predicted octanol–water partition coefficient (Wildman–Crippen LogP) is 2.20. The first kappa shape index (κ1) is 11.2. The number of hydrogen-bond donors (Lipinski definition) is 0. The van der Waals surface area contributed by atoms with Crippen LogP contribution in [0.4, 0.5) is 5.82 Å². The highest BCUT2D eigenvalue weighted by atomic mass is 15.4. The van der Waals surface area contributed by atoms with Crippen molar-refractivity contribution in [1.29, 1.82) is 0 Å². The van der Waals surface area contributed by atoms with Gasteiger partial charge in [0.1, 0.15) is 12.1 Å². The Balaban J connectivity index is 1.82. The second kappa shape index (κ2) is 4.18. The van der Waals surface area contributed by atoms with Gasteiger partial charge in [-0.15, -0.1) is 0 Å². The zero-order chi connectivity index (χ0) is 12.8. The van der Waals surface area contributed by atoms with Crippen molar-refractivity contribution >= 4 is 11.6 Å². The van der Waals surface area contributed by atoms with Crippen LogP contribution >= 0.6 is 0 Å². The highest BCUT2D eigenvalue weighted by Crippen LogP contribution is 2.39. The molecule has 5 nitrogen and oxygen atoms in total. The standard InChI is InChI=1S/C14H19N5/c1-10-8-13(19-14(17-10)15-9-16-19)18-7-3-5-11-4-2-6-12(11)18/h8-9,11-12H,2-7H2,1H3/t11-,12+/m1/s1. The summed E-state index contributed by atoms with van der Waals surface area (Å²) in [5, 5.41) is 4.35. The molecular weight excluding hydrogens is 238 g/mol. The number of aromatic nitrogens is 4. The number of fused-ring (bicyclic) bond motifs is 2. The molecule has 3 heterocycles. The van der Waals surface area contributed by atoms with E-state index < -0.39 is 0 Å². The highest BCUT2D eigenvalue weighted by Gasteiger charge is 2.36. The average molecular weight is 257 g/mol. The van der Waals surface area contributed by atoms with Gasteiger partial charge in [-0.3, -0.25) is 0 Å². The van der Waals surface area contributed by atoms with Crippen LogP contribution in [0.25, 0.3) is 5.78 Å². The van der Waals surface area contributed by atoms with Crippen LogP contribution in [-0.4, -0.2) is 32.2 Å². The van der Waals surface area contributed by atoms with Gasteiger partial charge in [-0.05, 0) is 38.5 Å². The normalized spacial score (nSPS) is 26.9. The molecule has 5 heteroatoms. The van der Waals surface area contributed by atoms with Crippen LogP contribution in [0.3, 0.4) is 0 Å². The SMILES string of the molecule is Cc1cc(N2CCC[C@H]3CCC[C@@H]32)n2ncnc2n1. The van der Waals surface area contributed by atoms with E-state index in [1.54, 1.807) is 6.33 Å². The van der Waals surface area contributed by atoms with E-state index in [1.165, 1.54) is 37.9 Å². The minimum Gasteiger partial charge on any atom is -0.353 e. The third kappa shape index (κ3) is 1.71.